The summed E-state index contributed by atoms with van der Waals surface area (Å²) >= 11 is 5.81. The van der Waals surface area contributed by atoms with Gasteiger partial charge in [0.2, 0.25) is 0 Å². The summed E-state index contributed by atoms with van der Waals surface area (Å²) in [4.78, 5) is 13.6. The molecule has 0 aliphatic rings. The van der Waals surface area contributed by atoms with Crippen molar-refractivity contribution in [2.24, 2.45) is 0 Å². The molecule has 0 saturated carbocycles. The number of urea groups is 1. The zero-order valence-corrected chi connectivity index (χ0v) is 11.4. The number of carbonyl (C=O) groups is 1. The Hall–Kier alpha value is -2.00. The molecule has 0 aliphatic heterocycles. The molecule has 0 bridgehead atoms. The highest BCUT2D eigenvalue weighted by Gasteiger charge is 2.09. The minimum absolute atomic E-state index is 0.138. The molecule has 98 valence electrons. The number of nitrogens with one attached hydrogen (secondary N) is 1. The molecule has 0 radical (unpaired) electrons. The van der Waals surface area contributed by atoms with Gasteiger partial charge in [0, 0.05) is 24.3 Å². The first-order chi connectivity index (χ1) is 9.16. The Morgan fingerprint density at radius 1 is 1.11 bits per heavy atom. The third-order valence-corrected chi connectivity index (χ3v) is 3.06. The molecule has 2 rings (SSSR count). The Bertz CT molecular complexity index is 540. The van der Waals surface area contributed by atoms with Gasteiger partial charge in [-0.2, -0.15) is 0 Å². The second kappa shape index (κ2) is 6.25. The van der Waals surface area contributed by atoms with Crippen molar-refractivity contribution in [3.63, 3.8) is 0 Å². The maximum absolute atomic E-state index is 12.0. The number of rotatable bonds is 3. The molecule has 0 aliphatic carbocycles. The van der Waals surface area contributed by atoms with E-state index in [0.717, 1.165) is 11.3 Å². The van der Waals surface area contributed by atoms with Crippen molar-refractivity contribution < 1.29 is 4.79 Å². The van der Waals surface area contributed by atoms with Gasteiger partial charge in [-0.15, -0.1) is 0 Å². The lowest BCUT2D eigenvalue weighted by molar-refractivity contribution is 0.247. The maximum atomic E-state index is 12.0. The minimum atomic E-state index is -0.138. The molecule has 0 saturated heterocycles. The van der Waals surface area contributed by atoms with Gasteiger partial charge in [0.05, 0.1) is 0 Å². The van der Waals surface area contributed by atoms with E-state index in [-0.39, 0.29) is 6.03 Å². The van der Waals surface area contributed by atoms with Crippen molar-refractivity contribution in [1.82, 2.24) is 5.32 Å². The van der Waals surface area contributed by atoms with Crippen molar-refractivity contribution in [1.29, 1.82) is 0 Å². The number of carbonyl (C=O) groups excluding carboxylic acids is 1. The average Bonchev–Trinajstić information content (AvgIpc) is 2.46. The topological polar surface area (TPSA) is 32.3 Å². The normalized spacial score (nSPS) is 10.0. The predicted molar refractivity (Wildman–Crippen MR) is 78.5 cm³/mol. The highest BCUT2D eigenvalue weighted by atomic mass is 35.5. The van der Waals surface area contributed by atoms with Crippen molar-refractivity contribution in [2.75, 3.05) is 11.9 Å². The minimum Gasteiger partial charge on any atom is -0.334 e. The zero-order chi connectivity index (χ0) is 13.7. The molecule has 2 amide bonds. The van der Waals surface area contributed by atoms with Crippen LogP contribution in [0.4, 0.5) is 10.5 Å². The summed E-state index contributed by atoms with van der Waals surface area (Å²) in [7, 11) is 1.74. The monoisotopic (exact) mass is 274 g/mol. The first-order valence-corrected chi connectivity index (χ1v) is 6.35. The van der Waals surface area contributed by atoms with Gasteiger partial charge < -0.3 is 5.32 Å². The highest BCUT2D eigenvalue weighted by molar-refractivity contribution is 6.30. The van der Waals surface area contributed by atoms with Crippen LogP contribution in [0.3, 0.4) is 0 Å². The first-order valence-electron chi connectivity index (χ1n) is 5.98. The summed E-state index contributed by atoms with van der Waals surface area (Å²) in [6, 6.07) is 16.8. The number of benzene rings is 2. The first kappa shape index (κ1) is 13.4. The second-order valence-corrected chi connectivity index (χ2v) is 4.62. The van der Waals surface area contributed by atoms with E-state index in [1.165, 1.54) is 0 Å². The van der Waals surface area contributed by atoms with E-state index in [2.05, 4.69) is 5.32 Å². The molecule has 19 heavy (non-hydrogen) atoms. The van der Waals surface area contributed by atoms with Gasteiger partial charge in [-0.05, 0) is 29.8 Å². The maximum Gasteiger partial charge on any atom is 0.321 e. The summed E-state index contributed by atoms with van der Waals surface area (Å²) in [6.45, 7) is 0.479. The quantitative estimate of drug-likeness (QED) is 0.910. The molecule has 0 unspecified atom stereocenters. The SMILES string of the molecule is CN(C(=O)NCc1ccc(Cl)cc1)c1ccccc1. The molecular formula is C15H15ClN2O. The van der Waals surface area contributed by atoms with Crippen LogP contribution in [0.15, 0.2) is 54.6 Å². The van der Waals surface area contributed by atoms with Crippen LogP contribution in [0.25, 0.3) is 0 Å². The third kappa shape index (κ3) is 3.73. The number of hydrogen-bond acceptors (Lipinski definition) is 1. The van der Waals surface area contributed by atoms with Crippen molar-refractivity contribution >= 4 is 23.3 Å². The van der Waals surface area contributed by atoms with E-state index in [1.54, 1.807) is 11.9 Å². The van der Waals surface area contributed by atoms with Crippen LogP contribution in [0.5, 0.6) is 0 Å². The lowest BCUT2D eigenvalue weighted by Gasteiger charge is -2.18. The van der Waals surface area contributed by atoms with Crippen LogP contribution < -0.4 is 10.2 Å². The number of anilines is 1. The fraction of sp³-hybridized carbons (Fsp3) is 0.133. The standard InChI is InChI=1S/C15H15ClN2O/c1-18(14-5-3-2-4-6-14)15(19)17-11-12-7-9-13(16)10-8-12/h2-10H,11H2,1H3,(H,17,19). The molecular weight excluding hydrogens is 260 g/mol. The van der Waals surface area contributed by atoms with Crippen molar-refractivity contribution in [2.45, 2.75) is 6.54 Å². The Morgan fingerprint density at radius 2 is 1.74 bits per heavy atom. The number of halogens is 1. The summed E-state index contributed by atoms with van der Waals surface area (Å²) < 4.78 is 0. The predicted octanol–water partition coefficient (Wildman–Crippen LogP) is 3.69. The molecule has 0 atom stereocenters. The van der Waals surface area contributed by atoms with Gasteiger partial charge in [0.25, 0.3) is 0 Å². The molecule has 2 aromatic carbocycles. The van der Waals surface area contributed by atoms with Gasteiger partial charge in [-0.25, -0.2) is 4.79 Å². The van der Waals surface area contributed by atoms with Gasteiger partial charge in [0.15, 0.2) is 0 Å². The highest BCUT2D eigenvalue weighted by Crippen LogP contribution is 2.12. The number of para-hydroxylation sites is 1. The smallest absolute Gasteiger partial charge is 0.321 e. The van der Waals surface area contributed by atoms with Gasteiger partial charge >= 0.3 is 6.03 Å². The molecule has 3 nitrogen and oxygen atoms in total. The third-order valence-electron chi connectivity index (χ3n) is 2.81. The molecule has 4 heteroatoms. The number of nitrogens with zero attached hydrogens (tertiary/aromatic N) is 1. The molecule has 0 aromatic heterocycles. The molecule has 0 heterocycles. The van der Waals surface area contributed by atoms with Crippen LogP contribution in [0.2, 0.25) is 5.02 Å². The Morgan fingerprint density at radius 3 is 2.37 bits per heavy atom. The van der Waals surface area contributed by atoms with E-state index >= 15 is 0 Å². The van der Waals surface area contributed by atoms with Crippen LogP contribution in [0.1, 0.15) is 5.56 Å². The van der Waals surface area contributed by atoms with Crippen LogP contribution >= 0.6 is 11.6 Å². The van der Waals surface area contributed by atoms with Crippen molar-refractivity contribution in [3.8, 4) is 0 Å². The van der Waals surface area contributed by atoms with E-state index in [4.69, 9.17) is 11.6 Å². The fourth-order valence-electron chi connectivity index (χ4n) is 1.67. The number of hydrogen-bond donors (Lipinski definition) is 1. The van der Waals surface area contributed by atoms with Crippen LogP contribution in [-0.4, -0.2) is 13.1 Å². The Balaban J connectivity index is 1.93. The van der Waals surface area contributed by atoms with E-state index in [9.17, 15) is 4.79 Å². The van der Waals surface area contributed by atoms with E-state index in [1.807, 2.05) is 54.6 Å². The van der Waals surface area contributed by atoms with Crippen molar-refractivity contribution in [3.05, 3.63) is 65.2 Å². The van der Waals surface area contributed by atoms with Gasteiger partial charge in [-0.1, -0.05) is 41.9 Å². The average molecular weight is 275 g/mol. The second-order valence-electron chi connectivity index (χ2n) is 4.18. The summed E-state index contributed by atoms with van der Waals surface area (Å²) in [5.41, 5.74) is 1.87. The summed E-state index contributed by atoms with van der Waals surface area (Å²) in [5.74, 6) is 0. The number of amides is 2. The van der Waals surface area contributed by atoms with Gasteiger partial charge in [0.1, 0.15) is 0 Å². The summed E-state index contributed by atoms with van der Waals surface area (Å²) in [5, 5.41) is 3.55. The van der Waals surface area contributed by atoms with E-state index < -0.39 is 0 Å². The largest absolute Gasteiger partial charge is 0.334 e. The molecule has 0 spiro atoms. The zero-order valence-electron chi connectivity index (χ0n) is 10.6. The van der Waals surface area contributed by atoms with Crippen LogP contribution in [-0.2, 0) is 6.54 Å². The molecule has 2 aromatic rings. The van der Waals surface area contributed by atoms with Gasteiger partial charge in [-0.3, -0.25) is 4.90 Å². The Labute approximate surface area is 117 Å². The lowest BCUT2D eigenvalue weighted by Crippen LogP contribution is -2.36. The van der Waals surface area contributed by atoms with Crippen LogP contribution in [0, 0.1) is 0 Å². The van der Waals surface area contributed by atoms with E-state index in [0.29, 0.717) is 11.6 Å². The molecule has 1 N–H and O–H groups in total. The molecule has 0 fully saturated rings. The fourth-order valence-corrected chi connectivity index (χ4v) is 1.79. The summed E-state index contributed by atoms with van der Waals surface area (Å²) in [6.07, 6.45) is 0. The lowest BCUT2D eigenvalue weighted by atomic mass is 10.2. The Kier molecular flexibility index (Phi) is 4.42.